The van der Waals surface area contributed by atoms with Crippen LogP contribution in [0.1, 0.15) is 35.0 Å². The van der Waals surface area contributed by atoms with Crippen LogP contribution in [0.4, 0.5) is 17.6 Å². The summed E-state index contributed by atoms with van der Waals surface area (Å²) >= 11 is 0. The second-order valence-corrected chi connectivity index (χ2v) is 8.15. The van der Waals surface area contributed by atoms with Crippen LogP contribution in [0.2, 0.25) is 0 Å². The third-order valence-electron chi connectivity index (χ3n) is 5.74. The summed E-state index contributed by atoms with van der Waals surface area (Å²) in [6.07, 6.45) is 2.30. The fourth-order valence-electron chi connectivity index (χ4n) is 3.82. The van der Waals surface area contributed by atoms with Gasteiger partial charge in [-0.1, -0.05) is 49.4 Å². The van der Waals surface area contributed by atoms with Crippen LogP contribution >= 0.6 is 0 Å². The Morgan fingerprint density at radius 3 is 2.12 bits per heavy atom. The molecule has 0 atom stereocenters. The first kappa shape index (κ1) is 23.7. The second-order valence-electron chi connectivity index (χ2n) is 8.15. The lowest BCUT2D eigenvalue weighted by Crippen LogP contribution is -2.17. The van der Waals surface area contributed by atoms with Crippen molar-refractivity contribution in [3.63, 3.8) is 0 Å². The van der Waals surface area contributed by atoms with Gasteiger partial charge in [-0.25, -0.2) is 14.4 Å². The highest BCUT2D eigenvalue weighted by atomic mass is 19.4. The van der Waals surface area contributed by atoms with Crippen LogP contribution in [-0.2, 0) is 32.1 Å². The molecule has 3 aromatic carbocycles. The van der Waals surface area contributed by atoms with Gasteiger partial charge in [-0.3, -0.25) is 0 Å². The average molecular weight is 468 g/mol. The summed E-state index contributed by atoms with van der Waals surface area (Å²) in [5.41, 5.74) is 3.57. The summed E-state index contributed by atoms with van der Waals surface area (Å²) in [7, 11) is 0. The molecule has 1 aromatic heterocycles. The van der Waals surface area contributed by atoms with E-state index in [1.165, 1.54) is 12.1 Å². The summed E-state index contributed by atoms with van der Waals surface area (Å²) < 4.78 is 55.8. The number of nitrogens with zero attached hydrogens (tertiary/aromatic N) is 2. The zero-order valence-electron chi connectivity index (χ0n) is 18.7. The third kappa shape index (κ3) is 6.10. The van der Waals surface area contributed by atoms with E-state index in [0.29, 0.717) is 30.2 Å². The normalized spacial score (nSPS) is 11.7. The first-order chi connectivity index (χ1) is 16.3. The van der Waals surface area contributed by atoms with E-state index in [4.69, 9.17) is 0 Å². The van der Waals surface area contributed by atoms with Gasteiger partial charge in [0.2, 0.25) is 0 Å². The Morgan fingerprint density at radius 1 is 0.765 bits per heavy atom. The van der Waals surface area contributed by atoms with Gasteiger partial charge in [0.25, 0.3) is 0 Å². The standard InChI is InChI=1S/C27H24F4N2O/c1-2-18-16-32-25(33-17-18)14-7-20-6-13-24-22(15-20)10-9-21(26(24)28)8-3-19-4-11-23(12-5-19)34-27(29,30)31/h4-6,9-13,15-17H,2-3,7-8,14H2,1H3. The largest absolute Gasteiger partial charge is 0.573 e. The van der Waals surface area contributed by atoms with E-state index in [1.54, 1.807) is 24.3 Å². The number of hydrogen-bond donors (Lipinski definition) is 0. The van der Waals surface area contributed by atoms with E-state index in [1.807, 2.05) is 30.6 Å². The lowest BCUT2D eigenvalue weighted by molar-refractivity contribution is -0.274. The Labute approximate surface area is 195 Å². The Bertz CT molecular complexity index is 1250. The molecule has 3 nitrogen and oxygen atoms in total. The van der Waals surface area contributed by atoms with Gasteiger partial charge in [0, 0.05) is 24.2 Å². The number of hydrogen-bond acceptors (Lipinski definition) is 3. The molecule has 34 heavy (non-hydrogen) atoms. The Kier molecular flexibility index (Phi) is 7.10. The van der Waals surface area contributed by atoms with Gasteiger partial charge >= 0.3 is 6.36 Å². The number of rotatable bonds is 8. The van der Waals surface area contributed by atoms with Crippen molar-refractivity contribution in [2.75, 3.05) is 0 Å². The van der Waals surface area contributed by atoms with Crippen molar-refractivity contribution in [2.45, 2.75) is 45.4 Å². The minimum Gasteiger partial charge on any atom is -0.406 e. The maximum absolute atomic E-state index is 15.1. The van der Waals surface area contributed by atoms with Crippen LogP contribution in [0.5, 0.6) is 5.75 Å². The molecule has 0 unspecified atom stereocenters. The van der Waals surface area contributed by atoms with Crippen molar-refractivity contribution in [1.82, 2.24) is 9.97 Å². The summed E-state index contributed by atoms with van der Waals surface area (Å²) in [5, 5.41) is 1.38. The van der Waals surface area contributed by atoms with Crippen LogP contribution in [0, 0.1) is 5.82 Å². The Balaban J connectivity index is 1.40. The molecule has 0 aliphatic carbocycles. The first-order valence-corrected chi connectivity index (χ1v) is 11.2. The number of fused-ring (bicyclic) bond motifs is 1. The smallest absolute Gasteiger partial charge is 0.406 e. The molecule has 0 aliphatic heterocycles. The predicted octanol–water partition coefficient (Wildman–Crippen LogP) is 6.80. The van der Waals surface area contributed by atoms with E-state index in [-0.39, 0.29) is 11.6 Å². The third-order valence-corrected chi connectivity index (χ3v) is 5.74. The lowest BCUT2D eigenvalue weighted by atomic mass is 9.98. The minimum absolute atomic E-state index is 0.264. The summed E-state index contributed by atoms with van der Waals surface area (Å²) in [6, 6.07) is 15.1. The van der Waals surface area contributed by atoms with Gasteiger partial charge in [-0.15, -0.1) is 13.2 Å². The topological polar surface area (TPSA) is 35.0 Å². The quantitative estimate of drug-likeness (QED) is 0.267. The monoisotopic (exact) mass is 468 g/mol. The van der Waals surface area contributed by atoms with Crippen LogP contribution in [-0.4, -0.2) is 16.3 Å². The molecule has 0 amide bonds. The maximum Gasteiger partial charge on any atom is 0.573 e. The van der Waals surface area contributed by atoms with Crippen LogP contribution in [0.3, 0.4) is 0 Å². The highest BCUT2D eigenvalue weighted by Crippen LogP contribution is 2.26. The number of ether oxygens (including phenoxy) is 1. The number of alkyl halides is 3. The van der Waals surface area contributed by atoms with E-state index >= 15 is 4.39 Å². The van der Waals surface area contributed by atoms with Gasteiger partial charge in [0.15, 0.2) is 0 Å². The van der Waals surface area contributed by atoms with Gasteiger partial charge in [0.05, 0.1) is 0 Å². The molecule has 0 aliphatic rings. The molecule has 0 bridgehead atoms. The van der Waals surface area contributed by atoms with E-state index < -0.39 is 6.36 Å². The molecular formula is C27H24F4N2O. The molecule has 0 spiro atoms. The number of aryl methyl sites for hydroxylation is 5. The van der Waals surface area contributed by atoms with Crippen molar-refractivity contribution in [3.05, 3.63) is 101 Å². The average Bonchev–Trinajstić information content (AvgIpc) is 2.82. The maximum atomic E-state index is 15.1. The molecule has 0 radical (unpaired) electrons. The molecular weight excluding hydrogens is 444 g/mol. The van der Waals surface area contributed by atoms with Crippen molar-refractivity contribution >= 4 is 10.8 Å². The number of benzene rings is 3. The molecule has 0 N–H and O–H groups in total. The van der Waals surface area contributed by atoms with Crippen molar-refractivity contribution in [3.8, 4) is 5.75 Å². The number of halogens is 4. The fraction of sp³-hybridized carbons (Fsp3) is 0.259. The predicted molar refractivity (Wildman–Crippen MR) is 123 cm³/mol. The van der Waals surface area contributed by atoms with Gasteiger partial charge in [-0.2, -0.15) is 0 Å². The molecule has 4 rings (SSSR count). The van der Waals surface area contributed by atoms with Crippen LogP contribution < -0.4 is 4.74 Å². The SMILES string of the molecule is CCc1cnc(CCc2ccc3c(F)c(CCc4ccc(OC(F)(F)F)cc4)ccc3c2)nc1. The zero-order valence-corrected chi connectivity index (χ0v) is 18.7. The highest BCUT2D eigenvalue weighted by Gasteiger charge is 2.30. The molecule has 4 aromatic rings. The molecule has 0 saturated carbocycles. The van der Waals surface area contributed by atoms with Gasteiger partial charge in [0.1, 0.15) is 17.4 Å². The van der Waals surface area contributed by atoms with Crippen LogP contribution in [0.25, 0.3) is 10.8 Å². The number of aromatic nitrogens is 2. The fourth-order valence-corrected chi connectivity index (χ4v) is 3.82. The molecule has 0 saturated heterocycles. The first-order valence-electron chi connectivity index (χ1n) is 11.2. The summed E-state index contributed by atoms with van der Waals surface area (Å²) in [6.45, 7) is 2.06. The second kappa shape index (κ2) is 10.2. The van der Waals surface area contributed by atoms with Gasteiger partial charge < -0.3 is 4.74 Å². The molecule has 1 heterocycles. The molecule has 7 heteroatoms. The summed E-state index contributed by atoms with van der Waals surface area (Å²) in [5.74, 6) is 0.255. The van der Waals surface area contributed by atoms with E-state index in [2.05, 4.69) is 21.6 Å². The van der Waals surface area contributed by atoms with Crippen LogP contribution in [0.15, 0.2) is 67.0 Å². The van der Waals surface area contributed by atoms with E-state index in [9.17, 15) is 13.2 Å². The van der Waals surface area contributed by atoms with Gasteiger partial charge in [-0.05, 0) is 65.5 Å². The minimum atomic E-state index is -4.72. The molecule has 176 valence electrons. The Hall–Kier alpha value is -3.48. The lowest BCUT2D eigenvalue weighted by Gasteiger charge is -2.10. The highest BCUT2D eigenvalue weighted by molar-refractivity contribution is 5.84. The summed E-state index contributed by atoms with van der Waals surface area (Å²) in [4.78, 5) is 8.78. The molecule has 0 fully saturated rings. The van der Waals surface area contributed by atoms with Crippen molar-refractivity contribution in [2.24, 2.45) is 0 Å². The van der Waals surface area contributed by atoms with Crippen molar-refractivity contribution in [1.29, 1.82) is 0 Å². The van der Waals surface area contributed by atoms with Crippen molar-refractivity contribution < 1.29 is 22.3 Å². The zero-order chi connectivity index (χ0) is 24.1. The van der Waals surface area contributed by atoms with E-state index in [0.717, 1.165) is 40.7 Å². The Morgan fingerprint density at radius 2 is 1.44 bits per heavy atom.